The van der Waals surface area contributed by atoms with Gasteiger partial charge in [-0.2, -0.15) is 5.26 Å². The summed E-state index contributed by atoms with van der Waals surface area (Å²) in [6.07, 6.45) is 5.49. The Labute approximate surface area is 144 Å². The van der Waals surface area contributed by atoms with E-state index in [2.05, 4.69) is 26.5 Å². The van der Waals surface area contributed by atoms with Gasteiger partial charge in [0.2, 0.25) is 0 Å². The number of hydrogen-bond donors (Lipinski definition) is 0. The number of aldehydes is 1. The van der Waals surface area contributed by atoms with Crippen LogP contribution in [-0.4, -0.2) is 24.3 Å². The molecule has 4 nitrogen and oxygen atoms in total. The van der Waals surface area contributed by atoms with Crippen molar-refractivity contribution < 1.29 is 14.3 Å². The zero-order valence-corrected chi connectivity index (χ0v) is 14.9. The summed E-state index contributed by atoms with van der Waals surface area (Å²) in [5, 5.41) is 9.78. The lowest BCUT2D eigenvalue weighted by molar-refractivity contribution is -0.142. The predicted molar refractivity (Wildman–Crippen MR) is 89.9 cm³/mol. The van der Waals surface area contributed by atoms with Crippen LogP contribution >= 0.6 is 0 Å². The Balaban J connectivity index is 2.12. The zero-order chi connectivity index (χ0) is 17.8. The Hall–Kier alpha value is -1.47. The Bertz CT molecular complexity index is 613. The molecule has 7 atom stereocenters. The third-order valence-electron chi connectivity index (χ3n) is 7.55. The molecule has 2 unspecified atom stereocenters. The van der Waals surface area contributed by atoms with Gasteiger partial charge in [-0.15, -0.1) is 6.58 Å². The summed E-state index contributed by atoms with van der Waals surface area (Å²) in [5.41, 5.74) is -1.81. The van der Waals surface area contributed by atoms with Gasteiger partial charge in [-0.25, -0.2) is 0 Å². The van der Waals surface area contributed by atoms with E-state index in [0.717, 1.165) is 25.5 Å². The molecule has 1 aliphatic heterocycles. The largest absolute Gasteiger partial charge is 0.358 e. The van der Waals surface area contributed by atoms with Crippen molar-refractivity contribution in [1.29, 1.82) is 5.26 Å². The highest BCUT2D eigenvalue weighted by Crippen LogP contribution is 2.70. The molecule has 2 aliphatic carbocycles. The molecule has 3 fully saturated rings. The molecule has 3 rings (SSSR count). The minimum Gasteiger partial charge on any atom is -0.358 e. The topological polar surface area (TPSA) is 67.2 Å². The van der Waals surface area contributed by atoms with E-state index in [0.29, 0.717) is 12.8 Å². The fourth-order valence-electron chi connectivity index (χ4n) is 5.85. The molecule has 0 aromatic rings. The quantitative estimate of drug-likeness (QED) is 0.585. The van der Waals surface area contributed by atoms with E-state index in [9.17, 15) is 14.9 Å². The maximum Gasteiger partial charge on any atom is 0.157 e. The van der Waals surface area contributed by atoms with Gasteiger partial charge >= 0.3 is 0 Å². The molecule has 24 heavy (non-hydrogen) atoms. The van der Waals surface area contributed by atoms with Crippen LogP contribution in [0.5, 0.6) is 0 Å². The van der Waals surface area contributed by atoms with Gasteiger partial charge in [0.05, 0.1) is 17.6 Å². The van der Waals surface area contributed by atoms with Crippen molar-refractivity contribution >= 4 is 12.1 Å². The summed E-state index contributed by atoms with van der Waals surface area (Å²) in [7, 11) is 0. The Kier molecular flexibility index (Phi) is 3.99. The van der Waals surface area contributed by atoms with Crippen molar-refractivity contribution in [3.05, 3.63) is 12.7 Å². The lowest BCUT2D eigenvalue weighted by atomic mass is 9.46. The van der Waals surface area contributed by atoms with Crippen LogP contribution in [0.4, 0.5) is 0 Å². The van der Waals surface area contributed by atoms with E-state index in [1.165, 1.54) is 0 Å². The van der Waals surface area contributed by atoms with Crippen LogP contribution in [-0.2, 0) is 14.3 Å². The standard InChI is InChI=1S/C20H27NO3/c1-5-18(3,12-22)10-16-19(4)13(2)6-7-14-8-9-15(23)20(14,19)17(11-21)24-16/h5,12-14,16-17H,1,6-10H2,2-4H3/t13-,14+,16?,17?,18-,19+,20+/m1/s1. The summed E-state index contributed by atoms with van der Waals surface area (Å²) in [4.78, 5) is 24.6. The fraction of sp³-hybridized carbons (Fsp3) is 0.750. The molecule has 0 amide bonds. The molecule has 1 saturated heterocycles. The Morgan fingerprint density at radius 1 is 1.46 bits per heavy atom. The summed E-state index contributed by atoms with van der Waals surface area (Å²) < 4.78 is 6.22. The van der Waals surface area contributed by atoms with Crippen molar-refractivity contribution in [1.82, 2.24) is 0 Å². The monoisotopic (exact) mass is 329 g/mol. The van der Waals surface area contributed by atoms with Gasteiger partial charge < -0.3 is 9.53 Å². The van der Waals surface area contributed by atoms with Gasteiger partial charge in [0, 0.05) is 17.3 Å². The van der Waals surface area contributed by atoms with E-state index in [1.54, 1.807) is 6.08 Å². The second-order valence-corrected chi connectivity index (χ2v) is 8.45. The number of hydrogen-bond acceptors (Lipinski definition) is 4. The molecule has 2 saturated carbocycles. The van der Waals surface area contributed by atoms with Crippen LogP contribution in [0.1, 0.15) is 52.9 Å². The van der Waals surface area contributed by atoms with Crippen LogP contribution in [0, 0.1) is 39.4 Å². The average Bonchev–Trinajstić information content (AvgIpc) is 3.05. The zero-order valence-electron chi connectivity index (χ0n) is 14.9. The molecule has 3 aliphatic rings. The molecule has 4 heteroatoms. The maximum absolute atomic E-state index is 13.1. The SMILES string of the molecule is C=C[C@@](C)(C=O)CC1OC(C#N)[C@@]23C(=O)CC[C@@H]2CC[C@@H](C)[C@@]13C. The molecular formula is C20H27NO3. The second-order valence-electron chi connectivity index (χ2n) is 8.45. The van der Waals surface area contributed by atoms with Gasteiger partial charge in [0.25, 0.3) is 0 Å². The lowest BCUT2D eigenvalue weighted by Crippen LogP contribution is -2.58. The van der Waals surface area contributed by atoms with E-state index >= 15 is 0 Å². The van der Waals surface area contributed by atoms with E-state index in [-0.39, 0.29) is 23.7 Å². The van der Waals surface area contributed by atoms with Gasteiger partial charge in [-0.1, -0.05) is 19.9 Å². The predicted octanol–water partition coefficient (Wildman–Crippen LogP) is 3.46. The molecule has 0 bridgehead atoms. The third-order valence-corrected chi connectivity index (χ3v) is 7.55. The third kappa shape index (κ3) is 1.88. The highest BCUT2D eigenvalue weighted by Gasteiger charge is 2.74. The first kappa shape index (κ1) is 17.4. The van der Waals surface area contributed by atoms with Gasteiger partial charge in [-0.05, 0) is 44.4 Å². The maximum atomic E-state index is 13.1. The normalized spacial score (nSPS) is 46.5. The van der Waals surface area contributed by atoms with Gasteiger partial charge in [0.1, 0.15) is 12.1 Å². The summed E-state index contributed by atoms with van der Waals surface area (Å²) >= 11 is 0. The minimum absolute atomic E-state index is 0.196. The minimum atomic E-state index is -0.701. The van der Waals surface area contributed by atoms with Crippen LogP contribution in [0.25, 0.3) is 0 Å². The molecule has 130 valence electrons. The number of Topliss-reactive ketones (excluding diaryl/α,β-unsaturated/α-hetero) is 1. The van der Waals surface area contributed by atoms with Crippen molar-refractivity contribution in [3.63, 3.8) is 0 Å². The van der Waals surface area contributed by atoms with Crippen molar-refractivity contribution in [2.75, 3.05) is 0 Å². The Morgan fingerprint density at radius 2 is 2.17 bits per heavy atom. The molecular weight excluding hydrogens is 302 g/mol. The second kappa shape index (κ2) is 5.52. The van der Waals surface area contributed by atoms with E-state index in [1.807, 2.05) is 6.92 Å². The molecule has 0 aromatic heterocycles. The number of nitrogens with zero attached hydrogens (tertiary/aromatic N) is 1. The number of carbonyl (C=O) groups is 2. The number of nitriles is 1. The molecule has 0 aromatic carbocycles. The first-order valence-electron chi connectivity index (χ1n) is 8.98. The molecule has 1 heterocycles. The summed E-state index contributed by atoms with van der Waals surface area (Å²) in [5.74, 6) is 0.703. The van der Waals surface area contributed by atoms with E-state index < -0.39 is 22.3 Å². The fourth-order valence-corrected chi connectivity index (χ4v) is 5.85. The van der Waals surface area contributed by atoms with Crippen molar-refractivity contribution in [2.45, 2.75) is 65.1 Å². The van der Waals surface area contributed by atoms with E-state index in [4.69, 9.17) is 4.74 Å². The summed E-state index contributed by atoms with van der Waals surface area (Å²) in [6.45, 7) is 9.93. The van der Waals surface area contributed by atoms with Crippen LogP contribution in [0.3, 0.4) is 0 Å². The summed E-state index contributed by atoms with van der Waals surface area (Å²) in [6, 6.07) is 2.30. The first-order valence-corrected chi connectivity index (χ1v) is 8.98. The lowest BCUT2D eigenvalue weighted by Gasteiger charge is -2.53. The van der Waals surface area contributed by atoms with Crippen LogP contribution < -0.4 is 0 Å². The van der Waals surface area contributed by atoms with Crippen molar-refractivity contribution in [3.8, 4) is 6.07 Å². The number of rotatable bonds is 4. The average molecular weight is 329 g/mol. The molecule has 0 radical (unpaired) electrons. The molecule has 1 spiro atoms. The highest BCUT2D eigenvalue weighted by atomic mass is 16.5. The highest BCUT2D eigenvalue weighted by molar-refractivity contribution is 5.90. The Morgan fingerprint density at radius 3 is 2.75 bits per heavy atom. The van der Waals surface area contributed by atoms with Crippen molar-refractivity contribution in [2.24, 2.45) is 28.1 Å². The van der Waals surface area contributed by atoms with Crippen LogP contribution in [0.15, 0.2) is 12.7 Å². The first-order chi connectivity index (χ1) is 11.3. The number of ether oxygens (including phenoxy) is 1. The number of allylic oxidation sites excluding steroid dienone is 1. The van der Waals surface area contributed by atoms with Crippen LogP contribution in [0.2, 0.25) is 0 Å². The van der Waals surface area contributed by atoms with Gasteiger partial charge in [0.15, 0.2) is 6.10 Å². The number of ketones is 1. The van der Waals surface area contributed by atoms with Gasteiger partial charge in [-0.3, -0.25) is 4.79 Å². The smallest absolute Gasteiger partial charge is 0.157 e. The number of carbonyl (C=O) groups excluding carboxylic acids is 2. The molecule has 0 N–H and O–H groups in total.